The highest BCUT2D eigenvalue weighted by Crippen LogP contribution is 2.32. The van der Waals surface area contributed by atoms with Gasteiger partial charge in [0.25, 0.3) is 5.91 Å². The Morgan fingerprint density at radius 2 is 1.96 bits per heavy atom. The van der Waals surface area contributed by atoms with Crippen LogP contribution in [0.2, 0.25) is 0 Å². The average Bonchev–Trinajstić information content (AvgIpc) is 2.57. The monoisotopic (exact) mass is 336 g/mol. The molecule has 7 heteroatoms. The Morgan fingerprint density at radius 3 is 2.52 bits per heavy atom. The second kappa shape index (κ2) is 7.82. The molecule has 1 amide bonds. The first-order chi connectivity index (χ1) is 11.1. The number of nitrogens with zero attached hydrogens (tertiary/aromatic N) is 1. The van der Waals surface area contributed by atoms with E-state index in [-0.39, 0.29) is 11.4 Å². The number of pyridine rings is 1. The molecule has 0 atom stereocenters. The molecule has 0 aliphatic rings. The maximum atomic E-state index is 14.0. The van der Waals surface area contributed by atoms with Crippen LogP contribution in [0.1, 0.15) is 17.3 Å². The number of rotatable bonds is 6. The molecule has 0 aliphatic carbocycles. The van der Waals surface area contributed by atoms with E-state index in [9.17, 15) is 9.18 Å². The summed E-state index contributed by atoms with van der Waals surface area (Å²) < 4.78 is 24.1. The molecule has 0 saturated heterocycles. The molecule has 1 aromatic carbocycles. The molecule has 23 heavy (non-hydrogen) atoms. The van der Waals surface area contributed by atoms with Crippen molar-refractivity contribution in [3.8, 4) is 11.5 Å². The maximum absolute atomic E-state index is 14.0. The first-order valence-corrected chi connectivity index (χ1v) is 7.89. The molecule has 0 spiro atoms. The minimum absolute atomic E-state index is 0.0136. The number of methoxy groups -OCH3 is 2. The van der Waals surface area contributed by atoms with Crippen LogP contribution in [0.3, 0.4) is 0 Å². The molecule has 2 rings (SSSR count). The number of halogens is 1. The van der Waals surface area contributed by atoms with Crippen LogP contribution in [-0.2, 0) is 0 Å². The lowest BCUT2D eigenvalue weighted by atomic mass is 10.2. The largest absolute Gasteiger partial charge is 0.493 e. The van der Waals surface area contributed by atoms with Gasteiger partial charge in [-0.25, -0.2) is 9.37 Å². The lowest BCUT2D eigenvalue weighted by Gasteiger charge is -2.12. The zero-order chi connectivity index (χ0) is 16.8. The lowest BCUT2D eigenvalue weighted by molar-refractivity contribution is 0.102. The Kier molecular flexibility index (Phi) is 5.81. The number of amides is 1. The summed E-state index contributed by atoms with van der Waals surface area (Å²) >= 11 is 1.58. The molecule has 5 nitrogen and oxygen atoms in total. The van der Waals surface area contributed by atoms with Gasteiger partial charge in [-0.2, -0.15) is 0 Å². The second-order valence-electron chi connectivity index (χ2n) is 4.46. The predicted octanol–water partition coefficient (Wildman–Crippen LogP) is 3.60. The van der Waals surface area contributed by atoms with Crippen molar-refractivity contribution < 1.29 is 18.7 Å². The molecule has 0 aliphatic heterocycles. The van der Waals surface area contributed by atoms with Crippen LogP contribution in [0.15, 0.2) is 35.5 Å². The first kappa shape index (κ1) is 17.1. The Bertz CT molecular complexity index is 692. The number of carbonyl (C=O) groups is 1. The van der Waals surface area contributed by atoms with E-state index in [4.69, 9.17) is 9.47 Å². The Labute approximate surface area is 138 Å². The summed E-state index contributed by atoms with van der Waals surface area (Å²) in [6.07, 6.45) is 1.46. The molecule has 0 bridgehead atoms. The van der Waals surface area contributed by atoms with Gasteiger partial charge in [-0.3, -0.25) is 4.79 Å². The van der Waals surface area contributed by atoms with Gasteiger partial charge >= 0.3 is 0 Å². The van der Waals surface area contributed by atoms with Gasteiger partial charge < -0.3 is 14.8 Å². The minimum atomic E-state index is -0.609. The zero-order valence-corrected chi connectivity index (χ0v) is 13.9. The van der Waals surface area contributed by atoms with E-state index in [0.29, 0.717) is 11.3 Å². The number of carbonyl (C=O) groups excluding carboxylic acids is 1. The number of hydrogen-bond donors (Lipinski definition) is 1. The molecule has 1 N–H and O–H groups in total. The number of hydrogen-bond acceptors (Lipinski definition) is 5. The highest BCUT2D eigenvalue weighted by molar-refractivity contribution is 7.99. The first-order valence-electron chi connectivity index (χ1n) is 6.90. The topological polar surface area (TPSA) is 60.5 Å². The number of nitrogens with one attached hydrogen (secondary N) is 1. The van der Waals surface area contributed by atoms with Crippen LogP contribution < -0.4 is 14.8 Å². The van der Waals surface area contributed by atoms with Crippen LogP contribution in [0, 0.1) is 5.82 Å². The van der Waals surface area contributed by atoms with Gasteiger partial charge in [-0.15, -0.1) is 11.8 Å². The third-order valence-electron chi connectivity index (χ3n) is 3.01. The maximum Gasteiger partial charge on any atom is 0.257 e. The van der Waals surface area contributed by atoms with Crippen LogP contribution in [0.4, 0.5) is 10.1 Å². The highest BCUT2D eigenvalue weighted by atomic mass is 32.2. The van der Waals surface area contributed by atoms with Gasteiger partial charge in [0.1, 0.15) is 0 Å². The summed E-state index contributed by atoms with van der Waals surface area (Å²) in [5.74, 6) is 0.427. The average molecular weight is 336 g/mol. The summed E-state index contributed by atoms with van der Waals surface area (Å²) in [4.78, 5) is 16.4. The van der Waals surface area contributed by atoms with Crippen molar-refractivity contribution in [3.05, 3.63) is 41.8 Å². The highest BCUT2D eigenvalue weighted by Gasteiger charge is 2.14. The van der Waals surface area contributed by atoms with Crippen molar-refractivity contribution in [3.63, 3.8) is 0 Å². The summed E-state index contributed by atoms with van der Waals surface area (Å²) in [6, 6.07) is 5.95. The van der Waals surface area contributed by atoms with Gasteiger partial charge in [0, 0.05) is 18.3 Å². The van der Waals surface area contributed by atoms with E-state index in [1.165, 1.54) is 26.5 Å². The van der Waals surface area contributed by atoms with Gasteiger partial charge in [0.15, 0.2) is 17.3 Å². The van der Waals surface area contributed by atoms with Crippen LogP contribution >= 0.6 is 11.8 Å². The van der Waals surface area contributed by atoms with E-state index < -0.39 is 11.7 Å². The fourth-order valence-corrected chi connectivity index (χ4v) is 2.48. The van der Waals surface area contributed by atoms with Crippen molar-refractivity contribution in [1.82, 2.24) is 4.98 Å². The van der Waals surface area contributed by atoms with Crippen molar-refractivity contribution in [2.45, 2.75) is 11.9 Å². The molecule has 122 valence electrons. The summed E-state index contributed by atoms with van der Waals surface area (Å²) in [7, 11) is 2.85. The molecule has 1 aromatic heterocycles. The third kappa shape index (κ3) is 4.13. The fraction of sp³-hybridized carbons (Fsp3) is 0.250. The minimum Gasteiger partial charge on any atom is -0.493 e. The molecule has 0 saturated carbocycles. The number of anilines is 1. The van der Waals surface area contributed by atoms with Crippen molar-refractivity contribution in [2.75, 3.05) is 25.3 Å². The van der Waals surface area contributed by atoms with Crippen molar-refractivity contribution in [2.24, 2.45) is 0 Å². The molecule has 2 aromatic rings. The third-order valence-corrected chi connectivity index (χ3v) is 3.84. The Morgan fingerprint density at radius 1 is 1.26 bits per heavy atom. The molecule has 0 fully saturated rings. The van der Waals surface area contributed by atoms with E-state index >= 15 is 0 Å². The van der Waals surface area contributed by atoms with Crippen LogP contribution in [-0.4, -0.2) is 30.9 Å². The smallest absolute Gasteiger partial charge is 0.257 e. The van der Waals surface area contributed by atoms with Crippen LogP contribution in [0.5, 0.6) is 11.5 Å². The number of aromatic nitrogens is 1. The molecule has 0 unspecified atom stereocenters. The van der Waals surface area contributed by atoms with Gasteiger partial charge in [-0.05, 0) is 17.9 Å². The van der Waals surface area contributed by atoms with Gasteiger partial charge in [0.05, 0.1) is 30.5 Å². The summed E-state index contributed by atoms with van der Waals surface area (Å²) in [6.45, 7) is 2.02. The quantitative estimate of drug-likeness (QED) is 0.817. The van der Waals surface area contributed by atoms with E-state index in [2.05, 4.69) is 10.3 Å². The second-order valence-corrected chi connectivity index (χ2v) is 5.74. The molecule has 1 heterocycles. The van der Waals surface area contributed by atoms with Gasteiger partial charge in [-0.1, -0.05) is 6.92 Å². The SMILES string of the molecule is CCSc1ccc(C(=O)Nc2cc(OC)c(OC)cc2F)cn1. The molecular weight excluding hydrogens is 319 g/mol. The number of thioether (sulfide) groups is 1. The fourth-order valence-electron chi connectivity index (χ4n) is 1.89. The normalized spacial score (nSPS) is 10.3. The molecule has 0 radical (unpaired) electrons. The van der Waals surface area contributed by atoms with E-state index in [0.717, 1.165) is 16.8 Å². The van der Waals surface area contributed by atoms with E-state index in [1.54, 1.807) is 23.9 Å². The lowest BCUT2D eigenvalue weighted by Crippen LogP contribution is -2.13. The Balaban J connectivity index is 2.19. The summed E-state index contributed by atoms with van der Waals surface area (Å²) in [5.41, 5.74) is 0.360. The van der Waals surface area contributed by atoms with E-state index in [1.807, 2.05) is 6.92 Å². The predicted molar refractivity (Wildman–Crippen MR) is 88.1 cm³/mol. The summed E-state index contributed by atoms with van der Waals surface area (Å²) in [5, 5.41) is 3.34. The van der Waals surface area contributed by atoms with Crippen molar-refractivity contribution in [1.29, 1.82) is 0 Å². The van der Waals surface area contributed by atoms with Crippen LogP contribution in [0.25, 0.3) is 0 Å². The van der Waals surface area contributed by atoms with Crippen molar-refractivity contribution >= 4 is 23.4 Å². The number of ether oxygens (including phenoxy) is 2. The Hall–Kier alpha value is -2.28. The standard InChI is InChI=1S/C16H17FN2O3S/c1-4-23-15-6-5-10(9-18-15)16(20)19-12-8-14(22-3)13(21-2)7-11(12)17/h5-9H,4H2,1-3H3,(H,19,20). The zero-order valence-electron chi connectivity index (χ0n) is 13.1. The molecular formula is C16H17FN2O3S. The van der Waals surface area contributed by atoms with Gasteiger partial charge in [0.2, 0.25) is 0 Å². The number of benzene rings is 1.